The molecule has 0 aliphatic carbocycles. The van der Waals surface area contributed by atoms with Gasteiger partial charge in [-0.2, -0.15) is 5.48 Å². The Morgan fingerprint density at radius 3 is 2.51 bits per heavy atom. The lowest BCUT2D eigenvalue weighted by Crippen LogP contribution is -2.57. The van der Waals surface area contributed by atoms with Crippen LogP contribution < -0.4 is 11.2 Å². The molecule has 6 N–H and O–H groups in total. The molecule has 12 atom stereocenters. The Labute approximate surface area is 398 Å². The third-order valence-electron chi connectivity index (χ3n) is 13.5. The predicted octanol–water partition coefficient (Wildman–Crippen LogP) is 7.14. The zero-order valence-electron chi connectivity index (χ0n) is 40.9. The number of Topliss-reactive ketones (excluding diaryl/α,β-unsaturated/α-hetero) is 1. The molecule has 0 unspecified atom stereocenters. The highest BCUT2D eigenvalue weighted by atomic mass is 32.1. The van der Waals surface area contributed by atoms with Crippen LogP contribution in [-0.4, -0.2) is 122 Å². The Morgan fingerprint density at radius 2 is 1.90 bits per heavy atom. The van der Waals surface area contributed by atoms with Crippen LogP contribution in [0.25, 0.3) is 10.6 Å². The summed E-state index contributed by atoms with van der Waals surface area (Å²) in [5.41, 5.74) is 4.58. The molecule has 2 aromatic heterocycles. The van der Waals surface area contributed by atoms with E-state index in [-0.39, 0.29) is 75.5 Å². The molecule has 17 nitrogen and oxygen atoms in total. The number of nitrogens with two attached hydrogens (primary N) is 1. The van der Waals surface area contributed by atoms with Gasteiger partial charge < -0.3 is 40.5 Å². The van der Waals surface area contributed by atoms with Gasteiger partial charge in [0.2, 0.25) is 5.91 Å². The number of carboxylic acid groups (broad SMARTS) is 1. The number of nitrogens with one attached hydrogen (secondary N) is 2. The highest BCUT2D eigenvalue weighted by Crippen LogP contribution is 2.44. The number of hydrogen-bond acceptors (Lipinski definition) is 16. The van der Waals surface area contributed by atoms with E-state index in [0.29, 0.717) is 43.0 Å². The third kappa shape index (κ3) is 15.2. The number of amides is 1. The van der Waals surface area contributed by atoms with Gasteiger partial charge in [-0.1, -0.05) is 34.6 Å². The summed E-state index contributed by atoms with van der Waals surface area (Å²) in [4.78, 5) is 73.1. The van der Waals surface area contributed by atoms with Crippen molar-refractivity contribution < 1.29 is 52.8 Å². The second-order valence-electron chi connectivity index (χ2n) is 19.3. The molecule has 4 heterocycles. The molecule has 2 aromatic rings. The normalized spacial score (nSPS) is 31.5. The summed E-state index contributed by atoms with van der Waals surface area (Å²) in [5, 5.41) is 33.5. The van der Waals surface area contributed by atoms with Crippen LogP contribution >= 0.6 is 11.3 Å². The van der Waals surface area contributed by atoms with Gasteiger partial charge in [0.15, 0.2) is 12.1 Å². The number of carbonyl (C=O) groups is 4. The first-order valence-corrected chi connectivity index (χ1v) is 24.4. The fourth-order valence-electron chi connectivity index (χ4n) is 9.56. The van der Waals surface area contributed by atoms with Crippen LogP contribution in [-0.2, 0) is 44.8 Å². The van der Waals surface area contributed by atoms with Crippen LogP contribution in [0.1, 0.15) is 132 Å². The van der Waals surface area contributed by atoms with E-state index in [0.717, 1.165) is 17.5 Å². The highest BCUT2D eigenvalue weighted by molar-refractivity contribution is 7.13. The lowest BCUT2D eigenvalue weighted by molar-refractivity contribution is -0.249. The number of thiazole rings is 1. The molecule has 0 spiro atoms. The Morgan fingerprint density at radius 1 is 1.18 bits per heavy atom. The van der Waals surface area contributed by atoms with Crippen molar-refractivity contribution in [1.29, 1.82) is 5.41 Å². The molecule has 19 heteroatoms. The first-order chi connectivity index (χ1) is 31.4. The van der Waals surface area contributed by atoms with Crippen molar-refractivity contribution in [3.05, 3.63) is 29.4 Å². The Hall–Kier alpha value is -4.11. The number of hydroxylamine groups is 1. The first kappa shape index (κ1) is 55.5. The third-order valence-corrected chi connectivity index (χ3v) is 14.4. The number of esters is 1. The van der Waals surface area contributed by atoms with E-state index < -0.39 is 70.8 Å². The number of anilines is 1. The van der Waals surface area contributed by atoms with E-state index in [1.54, 1.807) is 44.6 Å². The minimum absolute atomic E-state index is 0.0612. The van der Waals surface area contributed by atoms with E-state index in [2.05, 4.69) is 20.4 Å². The fourth-order valence-corrected chi connectivity index (χ4v) is 10.3. The monoisotopic (exact) mass is 960 g/mol. The SMILES string of the molecule is CCC(=O)N=C[C@H](C)C[C@@]1(C)CCC(=N)CC[C@H]([C@@H](C)NOCc2ccc(-c3nc(N)cs3)cn2)[C@](C)(O)[C@@H](CC)OC(=O)[C@@](C)(F)C(=O)[C@H](C)[C@H]1O[C@H]1C[C@@H](N(C)CCC(=O)O)C[C@@H](C)O1. The molecule has 2 saturated heterocycles. The molecule has 2 aliphatic heterocycles. The molecule has 0 radical (unpaired) electrons. The first-order valence-electron chi connectivity index (χ1n) is 23.5. The minimum atomic E-state index is -3.18. The Bertz CT molecular complexity index is 2020. The van der Waals surface area contributed by atoms with E-state index in [4.69, 9.17) is 24.8 Å². The number of rotatable bonds is 17. The fraction of sp³-hybridized carbons (Fsp3) is 0.708. The summed E-state index contributed by atoms with van der Waals surface area (Å²) in [6.45, 7) is 15.1. The molecule has 374 valence electrons. The molecule has 2 fully saturated rings. The molecular formula is C48H74FN7O10S. The number of carbonyl (C=O) groups excluding carboxylic acids is 3. The predicted molar refractivity (Wildman–Crippen MR) is 254 cm³/mol. The van der Waals surface area contributed by atoms with E-state index in [9.17, 15) is 34.8 Å². The van der Waals surface area contributed by atoms with Crippen LogP contribution in [0.2, 0.25) is 0 Å². The van der Waals surface area contributed by atoms with Gasteiger partial charge in [-0.15, -0.1) is 11.3 Å². The largest absolute Gasteiger partial charge is 0.481 e. The van der Waals surface area contributed by atoms with E-state index >= 15 is 4.39 Å². The number of halogens is 1. The van der Waals surface area contributed by atoms with Gasteiger partial charge in [0.1, 0.15) is 29.1 Å². The number of nitrogen functional groups attached to an aromatic ring is 1. The number of carboxylic acids is 1. The summed E-state index contributed by atoms with van der Waals surface area (Å²) in [5.74, 6) is -5.68. The van der Waals surface area contributed by atoms with Crippen molar-refractivity contribution in [2.24, 2.45) is 28.2 Å². The second kappa shape index (κ2) is 24.4. The number of aliphatic hydroxyl groups is 1. The number of aliphatic carboxylic acids is 1. The Balaban J connectivity index is 1.68. The average molecular weight is 960 g/mol. The van der Waals surface area contributed by atoms with Crippen molar-refractivity contribution in [3.8, 4) is 10.6 Å². The molecule has 2 aliphatic rings. The van der Waals surface area contributed by atoms with Gasteiger partial charge in [0, 0.05) is 72.4 Å². The quantitative estimate of drug-likeness (QED) is 0.0458. The van der Waals surface area contributed by atoms with Gasteiger partial charge in [-0.3, -0.25) is 24.2 Å². The van der Waals surface area contributed by atoms with Crippen LogP contribution in [0.3, 0.4) is 0 Å². The maximum absolute atomic E-state index is 17.2. The van der Waals surface area contributed by atoms with Crippen molar-refractivity contribution in [3.63, 3.8) is 0 Å². The number of ether oxygens (including phenoxy) is 3. The maximum Gasteiger partial charge on any atom is 0.351 e. The topological polar surface area (TPSA) is 249 Å². The van der Waals surface area contributed by atoms with Crippen LogP contribution in [0.5, 0.6) is 0 Å². The number of hydrogen-bond donors (Lipinski definition) is 5. The average Bonchev–Trinajstić information content (AvgIpc) is 3.72. The summed E-state index contributed by atoms with van der Waals surface area (Å²) in [7, 11) is 1.84. The molecule has 67 heavy (non-hydrogen) atoms. The lowest BCUT2D eigenvalue weighted by atomic mass is 9.67. The summed E-state index contributed by atoms with van der Waals surface area (Å²) >= 11 is 1.41. The smallest absolute Gasteiger partial charge is 0.351 e. The molecule has 1 amide bonds. The lowest BCUT2D eigenvalue weighted by Gasteiger charge is -2.46. The minimum Gasteiger partial charge on any atom is -0.481 e. The molecule has 0 aromatic carbocycles. The van der Waals surface area contributed by atoms with Crippen LogP contribution in [0, 0.1) is 28.6 Å². The van der Waals surface area contributed by atoms with Gasteiger partial charge in [-0.25, -0.2) is 19.2 Å². The van der Waals surface area contributed by atoms with Crippen molar-refractivity contribution >= 4 is 52.7 Å². The molecule has 0 saturated carbocycles. The standard InChI is InChI=1S/C48H74FN7O10S/c1-11-37-48(9,62)36(31(6)55-63-26-34-15-13-32(25-52-34)44-54-38(51)27-67-44)16-14-33(50)17-19-46(7,23-28(3)24-53-39(57)12-2)43(30(5)42(60)47(8,49)45(61)65-37)66-41-22-35(21-29(4)64-41)56(10)20-18-40(58)59/h13,15,24-25,27-31,35-37,41,43,50,55,62H,11-12,14,16-23,26,51H2,1-10H3,(H,58,59)/t28-,29-,30+,31-,35+,36-,37-,41+,43-,46-,47+,48+/m1/s1. The van der Waals surface area contributed by atoms with Crippen molar-refractivity contribution in [1.82, 2.24) is 20.3 Å². The van der Waals surface area contributed by atoms with Crippen molar-refractivity contribution in [2.75, 3.05) is 19.3 Å². The van der Waals surface area contributed by atoms with Gasteiger partial charge in [0.05, 0.1) is 24.3 Å². The molecular weight excluding hydrogens is 886 g/mol. The summed E-state index contributed by atoms with van der Waals surface area (Å²) in [6.07, 6.45) is 2.08. The second-order valence-corrected chi connectivity index (χ2v) is 20.1. The van der Waals surface area contributed by atoms with Gasteiger partial charge in [-0.05, 0) is 103 Å². The molecule has 0 bridgehead atoms. The number of aliphatic imine (C=N–C) groups is 1. The van der Waals surface area contributed by atoms with Crippen molar-refractivity contribution in [2.45, 2.75) is 181 Å². The summed E-state index contributed by atoms with van der Waals surface area (Å²) < 4.78 is 36.2. The van der Waals surface area contributed by atoms with Crippen LogP contribution in [0.4, 0.5) is 10.2 Å². The highest BCUT2D eigenvalue weighted by Gasteiger charge is 2.54. The summed E-state index contributed by atoms with van der Waals surface area (Å²) in [6, 6.07) is 2.93. The number of cyclic esters (lactones) is 1. The van der Waals surface area contributed by atoms with Crippen LogP contribution in [0.15, 0.2) is 28.7 Å². The number of pyridine rings is 1. The number of alkyl halides is 1. The number of aromatic nitrogens is 2. The zero-order chi connectivity index (χ0) is 49.9. The van der Waals surface area contributed by atoms with Gasteiger partial charge in [0.25, 0.3) is 5.67 Å². The Kier molecular flexibility index (Phi) is 20.2. The van der Waals surface area contributed by atoms with E-state index in [1.807, 2.05) is 38.8 Å². The zero-order valence-corrected chi connectivity index (χ0v) is 41.7. The maximum atomic E-state index is 17.2. The van der Waals surface area contributed by atoms with Gasteiger partial charge >= 0.3 is 11.9 Å². The van der Waals surface area contributed by atoms with E-state index in [1.165, 1.54) is 25.2 Å². The number of nitrogens with zero attached hydrogens (tertiary/aromatic N) is 4. The number of ketones is 1. The molecule has 4 rings (SSSR count).